The number of halogens is 3. The van der Waals surface area contributed by atoms with Crippen LogP contribution in [0.2, 0.25) is 0 Å². The van der Waals surface area contributed by atoms with Gasteiger partial charge in [0.2, 0.25) is 5.91 Å². The van der Waals surface area contributed by atoms with Gasteiger partial charge in [0.15, 0.2) is 0 Å². The van der Waals surface area contributed by atoms with Crippen LogP contribution in [-0.2, 0) is 11.0 Å². The first-order chi connectivity index (χ1) is 9.36. The lowest BCUT2D eigenvalue weighted by molar-refractivity contribution is -0.137. The highest BCUT2D eigenvalue weighted by molar-refractivity contribution is 5.92. The average Bonchev–Trinajstić information content (AvgIpc) is 2.37. The first-order valence-electron chi connectivity index (χ1n) is 6.17. The second-order valence-corrected chi connectivity index (χ2v) is 4.22. The maximum atomic E-state index is 12.5. The van der Waals surface area contributed by atoms with E-state index in [0.717, 1.165) is 12.1 Å². The van der Waals surface area contributed by atoms with Crippen molar-refractivity contribution in [2.24, 2.45) is 0 Å². The molecule has 112 valence electrons. The predicted molar refractivity (Wildman–Crippen MR) is 69.3 cm³/mol. The van der Waals surface area contributed by atoms with Crippen molar-refractivity contribution in [1.29, 1.82) is 0 Å². The summed E-state index contributed by atoms with van der Waals surface area (Å²) >= 11 is 0. The van der Waals surface area contributed by atoms with Gasteiger partial charge >= 0.3 is 6.18 Å². The minimum Gasteiger partial charge on any atom is -0.395 e. The van der Waals surface area contributed by atoms with E-state index in [0.29, 0.717) is 13.1 Å². The van der Waals surface area contributed by atoms with Crippen molar-refractivity contribution in [2.75, 3.05) is 31.6 Å². The van der Waals surface area contributed by atoms with Crippen molar-refractivity contribution in [3.8, 4) is 0 Å². The molecule has 1 rings (SSSR count). The molecule has 0 unspecified atom stereocenters. The number of likely N-dealkylation sites (N-methyl/N-ethyl adjacent to an activating group) is 1. The molecule has 1 aromatic carbocycles. The minimum absolute atomic E-state index is 0.0211. The van der Waals surface area contributed by atoms with Crippen LogP contribution in [0.4, 0.5) is 18.9 Å². The van der Waals surface area contributed by atoms with Crippen molar-refractivity contribution in [2.45, 2.75) is 13.1 Å². The summed E-state index contributed by atoms with van der Waals surface area (Å²) in [5, 5.41) is 11.2. The SMILES string of the molecule is CCN(CCO)CC(=O)Nc1cccc(C(F)(F)F)c1. The highest BCUT2D eigenvalue weighted by atomic mass is 19.4. The number of amides is 1. The molecule has 0 spiro atoms. The van der Waals surface area contributed by atoms with E-state index in [2.05, 4.69) is 5.32 Å². The number of benzene rings is 1. The van der Waals surface area contributed by atoms with Crippen LogP contribution in [0.15, 0.2) is 24.3 Å². The normalized spacial score (nSPS) is 11.7. The molecule has 0 radical (unpaired) electrons. The van der Waals surface area contributed by atoms with E-state index in [9.17, 15) is 18.0 Å². The highest BCUT2D eigenvalue weighted by Gasteiger charge is 2.30. The Hall–Kier alpha value is -1.60. The smallest absolute Gasteiger partial charge is 0.395 e. The van der Waals surface area contributed by atoms with Crippen molar-refractivity contribution in [3.63, 3.8) is 0 Å². The molecule has 2 N–H and O–H groups in total. The Morgan fingerprint density at radius 2 is 2.10 bits per heavy atom. The molecule has 0 aliphatic heterocycles. The first-order valence-corrected chi connectivity index (χ1v) is 6.17. The third-order valence-electron chi connectivity index (χ3n) is 2.70. The number of alkyl halides is 3. The van der Waals surface area contributed by atoms with Gasteiger partial charge < -0.3 is 10.4 Å². The molecule has 1 aromatic rings. The number of hydrogen-bond donors (Lipinski definition) is 2. The zero-order valence-corrected chi connectivity index (χ0v) is 11.1. The summed E-state index contributed by atoms with van der Waals surface area (Å²) in [6, 6.07) is 4.47. The number of carbonyl (C=O) groups is 1. The molecule has 0 aliphatic carbocycles. The van der Waals surface area contributed by atoms with Crippen molar-refractivity contribution >= 4 is 11.6 Å². The zero-order chi connectivity index (χ0) is 15.2. The molecule has 0 bridgehead atoms. The van der Waals surface area contributed by atoms with Gasteiger partial charge in [0, 0.05) is 12.2 Å². The van der Waals surface area contributed by atoms with Gasteiger partial charge in [-0.05, 0) is 24.7 Å². The van der Waals surface area contributed by atoms with Crippen LogP contribution in [0.1, 0.15) is 12.5 Å². The summed E-state index contributed by atoms with van der Waals surface area (Å²) in [4.78, 5) is 13.4. The quantitative estimate of drug-likeness (QED) is 0.842. The van der Waals surface area contributed by atoms with Crippen LogP contribution in [0.25, 0.3) is 0 Å². The van der Waals surface area contributed by atoms with Crippen LogP contribution in [0.5, 0.6) is 0 Å². The fraction of sp³-hybridized carbons (Fsp3) is 0.462. The Morgan fingerprint density at radius 1 is 1.40 bits per heavy atom. The fourth-order valence-corrected chi connectivity index (χ4v) is 1.67. The van der Waals surface area contributed by atoms with Gasteiger partial charge in [-0.25, -0.2) is 0 Å². The maximum Gasteiger partial charge on any atom is 0.416 e. The van der Waals surface area contributed by atoms with Crippen LogP contribution >= 0.6 is 0 Å². The van der Waals surface area contributed by atoms with Crippen LogP contribution < -0.4 is 5.32 Å². The Bertz CT molecular complexity index is 449. The van der Waals surface area contributed by atoms with E-state index >= 15 is 0 Å². The third-order valence-corrected chi connectivity index (χ3v) is 2.70. The van der Waals surface area contributed by atoms with E-state index < -0.39 is 17.6 Å². The van der Waals surface area contributed by atoms with E-state index in [1.54, 1.807) is 4.90 Å². The molecule has 0 saturated heterocycles. The summed E-state index contributed by atoms with van der Waals surface area (Å²) in [5.74, 6) is -0.417. The lowest BCUT2D eigenvalue weighted by Crippen LogP contribution is -2.35. The largest absolute Gasteiger partial charge is 0.416 e. The Morgan fingerprint density at radius 3 is 2.65 bits per heavy atom. The molecule has 0 saturated carbocycles. The number of anilines is 1. The van der Waals surface area contributed by atoms with Crippen molar-refractivity contribution < 1.29 is 23.1 Å². The molecule has 0 aliphatic rings. The summed E-state index contributed by atoms with van der Waals surface area (Å²) in [6.07, 6.45) is -4.44. The molecule has 1 amide bonds. The number of carbonyl (C=O) groups excluding carboxylic acids is 1. The van der Waals surface area contributed by atoms with Gasteiger partial charge in [-0.2, -0.15) is 13.2 Å². The number of aliphatic hydroxyl groups is 1. The molecular weight excluding hydrogens is 273 g/mol. The lowest BCUT2D eigenvalue weighted by Gasteiger charge is -2.18. The van der Waals surface area contributed by atoms with Gasteiger partial charge in [-0.1, -0.05) is 13.0 Å². The predicted octanol–water partition coefficient (Wildman–Crippen LogP) is 1.96. The van der Waals surface area contributed by atoms with Gasteiger partial charge in [-0.15, -0.1) is 0 Å². The average molecular weight is 290 g/mol. The van der Waals surface area contributed by atoms with Gasteiger partial charge in [0.25, 0.3) is 0 Å². The number of rotatable bonds is 6. The number of nitrogens with one attached hydrogen (secondary N) is 1. The molecular formula is C13H17F3N2O2. The molecule has 7 heteroatoms. The Balaban J connectivity index is 2.66. The Kier molecular flexibility index (Phi) is 5.97. The number of hydrogen-bond acceptors (Lipinski definition) is 3. The molecule has 0 fully saturated rings. The molecule has 4 nitrogen and oxygen atoms in total. The zero-order valence-electron chi connectivity index (χ0n) is 11.1. The van der Waals surface area contributed by atoms with Gasteiger partial charge in [-0.3, -0.25) is 9.69 Å². The van der Waals surface area contributed by atoms with Crippen LogP contribution in [-0.4, -0.2) is 42.2 Å². The topological polar surface area (TPSA) is 52.6 Å². The second kappa shape index (κ2) is 7.25. The van der Waals surface area contributed by atoms with Crippen LogP contribution in [0, 0.1) is 0 Å². The standard InChI is InChI=1S/C13H17F3N2O2/c1-2-18(6-7-19)9-12(20)17-11-5-3-4-10(8-11)13(14,15)16/h3-5,8,19H,2,6-7,9H2,1H3,(H,17,20). The van der Waals surface area contributed by atoms with Gasteiger partial charge in [0.05, 0.1) is 18.7 Å². The van der Waals surface area contributed by atoms with E-state index in [1.807, 2.05) is 6.92 Å². The maximum absolute atomic E-state index is 12.5. The minimum atomic E-state index is -4.44. The van der Waals surface area contributed by atoms with Gasteiger partial charge in [0.1, 0.15) is 0 Å². The lowest BCUT2D eigenvalue weighted by atomic mass is 10.2. The highest BCUT2D eigenvalue weighted by Crippen LogP contribution is 2.30. The van der Waals surface area contributed by atoms with Crippen molar-refractivity contribution in [3.05, 3.63) is 29.8 Å². The molecule has 0 aromatic heterocycles. The first kappa shape index (κ1) is 16.5. The molecule has 0 heterocycles. The Labute approximate surface area is 115 Å². The molecule has 20 heavy (non-hydrogen) atoms. The molecule has 0 atom stereocenters. The summed E-state index contributed by atoms with van der Waals surface area (Å²) in [6.45, 7) is 2.67. The summed E-state index contributed by atoms with van der Waals surface area (Å²) < 4.78 is 37.6. The van der Waals surface area contributed by atoms with E-state index in [-0.39, 0.29) is 18.8 Å². The number of nitrogens with zero attached hydrogens (tertiary/aromatic N) is 1. The second-order valence-electron chi connectivity index (χ2n) is 4.22. The van der Waals surface area contributed by atoms with Crippen LogP contribution in [0.3, 0.4) is 0 Å². The van der Waals surface area contributed by atoms with Crippen molar-refractivity contribution in [1.82, 2.24) is 4.90 Å². The summed E-state index contributed by atoms with van der Waals surface area (Å²) in [5.41, 5.74) is -0.706. The van der Waals surface area contributed by atoms with E-state index in [1.165, 1.54) is 12.1 Å². The van der Waals surface area contributed by atoms with E-state index in [4.69, 9.17) is 5.11 Å². The summed E-state index contributed by atoms with van der Waals surface area (Å²) in [7, 11) is 0. The monoisotopic (exact) mass is 290 g/mol. The third kappa shape index (κ3) is 5.18. The number of aliphatic hydroxyl groups excluding tert-OH is 1. The fourth-order valence-electron chi connectivity index (χ4n) is 1.67.